The third-order valence-corrected chi connectivity index (χ3v) is 3.54. The zero-order valence-corrected chi connectivity index (χ0v) is 10.3. The fourth-order valence-corrected chi connectivity index (χ4v) is 2.48. The van der Waals surface area contributed by atoms with E-state index in [-0.39, 0.29) is 5.56 Å². The maximum absolute atomic E-state index is 11.8. The monoisotopic (exact) mass is 220 g/mol. The molecule has 0 bridgehead atoms. The van der Waals surface area contributed by atoms with Crippen molar-refractivity contribution in [2.24, 2.45) is 5.92 Å². The zero-order chi connectivity index (χ0) is 11.7. The van der Waals surface area contributed by atoms with Crippen LogP contribution in [0.4, 0.5) is 0 Å². The Balaban J connectivity index is 2.24. The van der Waals surface area contributed by atoms with E-state index in [4.69, 9.17) is 0 Å². The fraction of sp³-hybridized carbons (Fsp3) is 0.615. The SMILES string of the molecule is CC1CN(C(C)C)CC1n1ccccc1=O. The van der Waals surface area contributed by atoms with Gasteiger partial charge in [-0.1, -0.05) is 13.0 Å². The van der Waals surface area contributed by atoms with Gasteiger partial charge in [0.2, 0.25) is 0 Å². The van der Waals surface area contributed by atoms with Gasteiger partial charge in [0.15, 0.2) is 0 Å². The highest BCUT2D eigenvalue weighted by Crippen LogP contribution is 2.27. The van der Waals surface area contributed by atoms with Gasteiger partial charge in [0.1, 0.15) is 0 Å². The first kappa shape index (κ1) is 11.4. The summed E-state index contributed by atoms with van der Waals surface area (Å²) in [6.45, 7) is 8.73. The molecule has 1 fully saturated rings. The fourth-order valence-electron chi connectivity index (χ4n) is 2.48. The van der Waals surface area contributed by atoms with Gasteiger partial charge in [0.05, 0.1) is 6.04 Å². The summed E-state index contributed by atoms with van der Waals surface area (Å²) in [7, 11) is 0. The van der Waals surface area contributed by atoms with Crippen molar-refractivity contribution in [1.29, 1.82) is 0 Å². The minimum Gasteiger partial charge on any atom is -0.311 e. The minimum absolute atomic E-state index is 0.116. The summed E-state index contributed by atoms with van der Waals surface area (Å²) in [5, 5.41) is 0. The molecule has 0 radical (unpaired) electrons. The van der Waals surface area contributed by atoms with Crippen LogP contribution in [0.15, 0.2) is 29.2 Å². The van der Waals surface area contributed by atoms with Gasteiger partial charge in [-0.2, -0.15) is 0 Å². The predicted molar refractivity (Wildman–Crippen MR) is 65.6 cm³/mol. The van der Waals surface area contributed by atoms with Crippen molar-refractivity contribution in [2.75, 3.05) is 13.1 Å². The Morgan fingerprint density at radius 2 is 2.06 bits per heavy atom. The third-order valence-electron chi connectivity index (χ3n) is 3.54. The molecule has 0 aliphatic carbocycles. The average molecular weight is 220 g/mol. The highest BCUT2D eigenvalue weighted by molar-refractivity contribution is 4.98. The summed E-state index contributed by atoms with van der Waals surface area (Å²) >= 11 is 0. The molecule has 0 spiro atoms. The number of pyridine rings is 1. The lowest BCUT2D eigenvalue weighted by Gasteiger charge is -2.20. The van der Waals surface area contributed by atoms with Crippen molar-refractivity contribution in [3.05, 3.63) is 34.7 Å². The van der Waals surface area contributed by atoms with Crippen LogP contribution >= 0.6 is 0 Å². The van der Waals surface area contributed by atoms with Crippen molar-refractivity contribution in [3.8, 4) is 0 Å². The molecule has 0 amide bonds. The lowest BCUT2D eigenvalue weighted by molar-refractivity contribution is 0.262. The van der Waals surface area contributed by atoms with Crippen LogP contribution in [0.25, 0.3) is 0 Å². The molecule has 2 rings (SSSR count). The Kier molecular flexibility index (Phi) is 3.15. The Morgan fingerprint density at radius 1 is 1.31 bits per heavy atom. The molecule has 0 aromatic carbocycles. The summed E-state index contributed by atoms with van der Waals surface area (Å²) in [6.07, 6.45) is 1.91. The number of nitrogens with zero attached hydrogens (tertiary/aromatic N) is 2. The van der Waals surface area contributed by atoms with E-state index in [1.54, 1.807) is 12.1 Å². The Morgan fingerprint density at radius 3 is 2.62 bits per heavy atom. The summed E-state index contributed by atoms with van der Waals surface area (Å²) in [5.74, 6) is 0.544. The van der Waals surface area contributed by atoms with Gasteiger partial charge in [-0.3, -0.25) is 9.69 Å². The lowest BCUT2D eigenvalue weighted by atomic mass is 10.1. The third kappa shape index (κ3) is 2.05. The van der Waals surface area contributed by atoms with E-state index < -0.39 is 0 Å². The van der Waals surface area contributed by atoms with E-state index in [0.717, 1.165) is 13.1 Å². The molecule has 1 aliphatic rings. The van der Waals surface area contributed by atoms with Gasteiger partial charge in [0.25, 0.3) is 5.56 Å². The molecular formula is C13H20N2O. The summed E-state index contributed by atoms with van der Waals surface area (Å²) in [4.78, 5) is 14.2. The minimum atomic E-state index is 0.116. The van der Waals surface area contributed by atoms with Gasteiger partial charge in [0, 0.05) is 31.4 Å². The molecule has 1 aromatic heterocycles. The largest absolute Gasteiger partial charge is 0.311 e. The maximum atomic E-state index is 11.8. The number of hydrogen-bond acceptors (Lipinski definition) is 2. The smallest absolute Gasteiger partial charge is 0.250 e. The van der Waals surface area contributed by atoms with Crippen LogP contribution < -0.4 is 5.56 Å². The van der Waals surface area contributed by atoms with E-state index >= 15 is 0 Å². The van der Waals surface area contributed by atoms with E-state index in [1.165, 1.54) is 0 Å². The van der Waals surface area contributed by atoms with Crippen molar-refractivity contribution in [1.82, 2.24) is 9.47 Å². The van der Waals surface area contributed by atoms with Crippen LogP contribution in [0.2, 0.25) is 0 Å². The van der Waals surface area contributed by atoms with E-state index in [1.807, 2.05) is 16.8 Å². The molecule has 2 unspecified atom stereocenters. The first-order valence-electron chi connectivity index (χ1n) is 6.01. The number of aromatic nitrogens is 1. The maximum Gasteiger partial charge on any atom is 0.250 e. The van der Waals surface area contributed by atoms with Crippen molar-refractivity contribution >= 4 is 0 Å². The number of likely N-dealkylation sites (tertiary alicyclic amines) is 1. The van der Waals surface area contributed by atoms with Gasteiger partial charge in [-0.25, -0.2) is 0 Å². The van der Waals surface area contributed by atoms with Crippen LogP contribution in [0.3, 0.4) is 0 Å². The first-order valence-corrected chi connectivity index (χ1v) is 6.01. The highest BCUT2D eigenvalue weighted by atomic mass is 16.1. The van der Waals surface area contributed by atoms with Gasteiger partial charge < -0.3 is 4.57 Å². The molecule has 2 heterocycles. The second-order valence-electron chi connectivity index (χ2n) is 5.04. The quantitative estimate of drug-likeness (QED) is 0.758. The summed E-state index contributed by atoms with van der Waals surface area (Å²) in [6, 6.07) is 6.28. The van der Waals surface area contributed by atoms with Gasteiger partial charge >= 0.3 is 0 Å². The van der Waals surface area contributed by atoms with Crippen molar-refractivity contribution in [3.63, 3.8) is 0 Å². The molecule has 1 saturated heterocycles. The van der Waals surface area contributed by atoms with Crippen LogP contribution in [0.1, 0.15) is 26.8 Å². The lowest BCUT2D eigenvalue weighted by Crippen LogP contribution is -2.30. The van der Waals surface area contributed by atoms with Gasteiger partial charge in [-0.05, 0) is 25.8 Å². The zero-order valence-electron chi connectivity index (χ0n) is 10.3. The number of rotatable bonds is 2. The Hall–Kier alpha value is -1.09. The standard InChI is InChI=1S/C13H20N2O/c1-10(2)14-8-11(3)12(9-14)15-7-5-4-6-13(15)16/h4-7,10-12H,8-9H2,1-3H3. The Bertz CT molecular complexity index is 410. The van der Waals surface area contributed by atoms with Gasteiger partial charge in [-0.15, -0.1) is 0 Å². The molecule has 16 heavy (non-hydrogen) atoms. The van der Waals surface area contributed by atoms with Crippen LogP contribution in [0, 0.1) is 5.92 Å². The normalized spacial score (nSPS) is 26.5. The average Bonchev–Trinajstić information content (AvgIpc) is 2.61. The number of hydrogen-bond donors (Lipinski definition) is 0. The Labute approximate surface area is 96.7 Å². The summed E-state index contributed by atoms with van der Waals surface area (Å²) < 4.78 is 1.88. The molecule has 2 atom stereocenters. The van der Waals surface area contributed by atoms with E-state index in [0.29, 0.717) is 18.0 Å². The highest BCUT2D eigenvalue weighted by Gasteiger charge is 2.32. The topological polar surface area (TPSA) is 25.2 Å². The predicted octanol–water partition coefficient (Wildman–Crippen LogP) is 1.75. The first-order chi connectivity index (χ1) is 7.59. The van der Waals surface area contributed by atoms with Crippen LogP contribution in [-0.2, 0) is 0 Å². The molecule has 88 valence electrons. The molecular weight excluding hydrogens is 200 g/mol. The molecule has 0 saturated carbocycles. The molecule has 3 heteroatoms. The van der Waals surface area contributed by atoms with Crippen LogP contribution in [0.5, 0.6) is 0 Å². The summed E-state index contributed by atoms with van der Waals surface area (Å²) in [5.41, 5.74) is 0.116. The second-order valence-corrected chi connectivity index (χ2v) is 5.04. The van der Waals surface area contributed by atoms with Crippen molar-refractivity contribution in [2.45, 2.75) is 32.9 Å². The second kappa shape index (κ2) is 4.42. The van der Waals surface area contributed by atoms with E-state index in [9.17, 15) is 4.79 Å². The van der Waals surface area contributed by atoms with Crippen molar-refractivity contribution < 1.29 is 0 Å². The van der Waals surface area contributed by atoms with Crippen LogP contribution in [-0.4, -0.2) is 28.6 Å². The molecule has 0 N–H and O–H groups in total. The molecule has 3 nitrogen and oxygen atoms in total. The molecule has 1 aliphatic heterocycles. The van der Waals surface area contributed by atoms with E-state index in [2.05, 4.69) is 25.7 Å². The molecule has 1 aromatic rings.